The van der Waals surface area contributed by atoms with Crippen molar-refractivity contribution in [2.45, 2.75) is 64.8 Å². The minimum atomic E-state index is -0.0179. The average Bonchev–Trinajstić information content (AvgIpc) is 2.73. The summed E-state index contributed by atoms with van der Waals surface area (Å²) in [5.74, 6) is 0. The summed E-state index contributed by atoms with van der Waals surface area (Å²) in [5.41, 5.74) is 1.25. The summed E-state index contributed by atoms with van der Waals surface area (Å²) in [7, 11) is 0. The van der Waals surface area contributed by atoms with Crippen molar-refractivity contribution in [1.29, 1.82) is 0 Å². The fraction of sp³-hybridized carbons (Fsp3) is 0.786. The molecule has 0 saturated carbocycles. The van der Waals surface area contributed by atoms with Crippen LogP contribution >= 0.6 is 0 Å². The van der Waals surface area contributed by atoms with Gasteiger partial charge in [0.05, 0.1) is 17.6 Å². The predicted molar refractivity (Wildman–Crippen MR) is 72.5 cm³/mol. The second kappa shape index (κ2) is 5.41. The lowest BCUT2D eigenvalue weighted by Gasteiger charge is -2.36. The zero-order chi connectivity index (χ0) is 13.2. The zero-order valence-electron chi connectivity index (χ0n) is 11.9. The van der Waals surface area contributed by atoms with Gasteiger partial charge in [0.25, 0.3) is 0 Å². The van der Waals surface area contributed by atoms with Crippen LogP contribution in [0.15, 0.2) is 12.5 Å². The number of nitrogens with one attached hydrogen (secondary N) is 1. The summed E-state index contributed by atoms with van der Waals surface area (Å²) in [4.78, 5) is 4.31. The van der Waals surface area contributed by atoms with Gasteiger partial charge in [-0.1, -0.05) is 13.8 Å². The van der Waals surface area contributed by atoms with Crippen molar-refractivity contribution in [2.24, 2.45) is 0 Å². The monoisotopic (exact) mass is 251 g/mol. The van der Waals surface area contributed by atoms with E-state index in [1.807, 2.05) is 12.5 Å². The largest absolute Gasteiger partial charge is 0.375 e. The van der Waals surface area contributed by atoms with E-state index in [4.69, 9.17) is 4.74 Å². The van der Waals surface area contributed by atoms with Crippen LogP contribution in [0.3, 0.4) is 0 Å². The molecule has 0 spiro atoms. The fourth-order valence-corrected chi connectivity index (χ4v) is 2.54. The van der Waals surface area contributed by atoms with E-state index in [-0.39, 0.29) is 5.60 Å². The molecule has 2 rings (SSSR count). The first-order valence-corrected chi connectivity index (χ1v) is 6.86. The summed E-state index contributed by atoms with van der Waals surface area (Å²) in [6.07, 6.45) is 6.06. The molecular weight excluding hydrogens is 226 g/mol. The standard InChI is InChI=1S/C14H25N3O/c1-11(2)16-9-13-8-15-10-17(13)12-5-6-18-14(3,4)7-12/h8,10-12,16H,5-7,9H2,1-4H3. The van der Waals surface area contributed by atoms with E-state index in [1.54, 1.807) is 0 Å². The van der Waals surface area contributed by atoms with Gasteiger partial charge in [0.1, 0.15) is 0 Å². The van der Waals surface area contributed by atoms with Crippen LogP contribution in [0.25, 0.3) is 0 Å². The van der Waals surface area contributed by atoms with Crippen molar-refractivity contribution in [3.8, 4) is 0 Å². The summed E-state index contributed by atoms with van der Waals surface area (Å²) in [6, 6.07) is 1.01. The van der Waals surface area contributed by atoms with Gasteiger partial charge >= 0.3 is 0 Å². The van der Waals surface area contributed by atoms with E-state index in [0.29, 0.717) is 12.1 Å². The van der Waals surface area contributed by atoms with Gasteiger partial charge in [-0.3, -0.25) is 0 Å². The Kier molecular flexibility index (Phi) is 4.07. The lowest BCUT2D eigenvalue weighted by atomic mass is 9.93. The number of nitrogens with zero attached hydrogens (tertiary/aromatic N) is 2. The molecule has 0 bridgehead atoms. The van der Waals surface area contributed by atoms with Gasteiger partial charge in [0, 0.05) is 31.4 Å². The summed E-state index contributed by atoms with van der Waals surface area (Å²) >= 11 is 0. The van der Waals surface area contributed by atoms with Gasteiger partial charge in [-0.25, -0.2) is 4.98 Å². The molecule has 0 amide bonds. The summed E-state index contributed by atoms with van der Waals surface area (Å²) < 4.78 is 8.10. The first-order valence-electron chi connectivity index (χ1n) is 6.86. The fourth-order valence-electron chi connectivity index (χ4n) is 2.54. The Bertz CT molecular complexity index is 384. The molecule has 4 nitrogen and oxygen atoms in total. The molecule has 1 aromatic heterocycles. The molecule has 0 aromatic carbocycles. The third kappa shape index (κ3) is 3.33. The molecule has 4 heteroatoms. The first kappa shape index (κ1) is 13.6. The highest BCUT2D eigenvalue weighted by Crippen LogP contribution is 2.32. The molecular formula is C14H25N3O. The SMILES string of the molecule is CC(C)NCc1cncn1C1CCOC(C)(C)C1. The van der Waals surface area contributed by atoms with Gasteiger partial charge in [-0.05, 0) is 26.7 Å². The maximum Gasteiger partial charge on any atom is 0.0951 e. The van der Waals surface area contributed by atoms with E-state index in [0.717, 1.165) is 26.0 Å². The molecule has 1 aromatic rings. The molecule has 18 heavy (non-hydrogen) atoms. The number of imidazole rings is 1. The highest BCUT2D eigenvalue weighted by atomic mass is 16.5. The number of ether oxygens (including phenoxy) is 1. The van der Waals surface area contributed by atoms with E-state index in [2.05, 4.69) is 42.6 Å². The van der Waals surface area contributed by atoms with Crippen LogP contribution in [-0.4, -0.2) is 27.8 Å². The molecule has 1 aliphatic heterocycles. The van der Waals surface area contributed by atoms with Gasteiger partial charge < -0.3 is 14.6 Å². The lowest BCUT2D eigenvalue weighted by Crippen LogP contribution is -2.35. The Morgan fingerprint density at radius 3 is 3.00 bits per heavy atom. The zero-order valence-corrected chi connectivity index (χ0v) is 11.9. The van der Waals surface area contributed by atoms with E-state index < -0.39 is 0 Å². The van der Waals surface area contributed by atoms with Crippen molar-refractivity contribution in [3.63, 3.8) is 0 Å². The van der Waals surface area contributed by atoms with E-state index >= 15 is 0 Å². The predicted octanol–water partition coefficient (Wildman–Crippen LogP) is 2.51. The second-order valence-corrected chi connectivity index (χ2v) is 6.08. The average molecular weight is 251 g/mol. The van der Waals surface area contributed by atoms with Crippen molar-refractivity contribution >= 4 is 0 Å². The number of rotatable bonds is 4. The van der Waals surface area contributed by atoms with Crippen LogP contribution in [0.4, 0.5) is 0 Å². The molecule has 0 radical (unpaired) electrons. The highest BCUT2D eigenvalue weighted by molar-refractivity contribution is 5.02. The van der Waals surface area contributed by atoms with Crippen LogP contribution in [0, 0.1) is 0 Å². The topological polar surface area (TPSA) is 39.1 Å². The summed E-state index contributed by atoms with van der Waals surface area (Å²) in [6.45, 7) is 10.4. The Labute approximate surface area is 110 Å². The highest BCUT2D eigenvalue weighted by Gasteiger charge is 2.30. The minimum absolute atomic E-state index is 0.0179. The Morgan fingerprint density at radius 1 is 1.56 bits per heavy atom. The maximum atomic E-state index is 5.78. The minimum Gasteiger partial charge on any atom is -0.375 e. The van der Waals surface area contributed by atoms with Crippen molar-refractivity contribution in [1.82, 2.24) is 14.9 Å². The van der Waals surface area contributed by atoms with Crippen molar-refractivity contribution < 1.29 is 4.74 Å². The van der Waals surface area contributed by atoms with Crippen molar-refractivity contribution in [3.05, 3.63) is 18.2 Å². The third-order valence-electron chi connectivity index (χ3n) is 3.50. The first-order chi connectivity index (χ1) is 8.48. The molecule has 2 heterocycles. The normalized spacial score (nSPS) is 23.5. The molecule has 102 valence electrons. The number of aromatic nitrogens is 2. The van der Waals surface area contributed by atoms with E-state index in [9.17, 15) is 0 Å². The second-order valence-electron chi connectivity index (χ2n) is 6.08. The van der Waals surface area contributed by atoms with Crippen molar-refractivity contribution in [2.75, 3.05) is 6.61 Å². The molecule has 1 saturated heterocycles. The van der Waals surface area contributed by atoms with Gasteiger partial charge in [0.2, 0.25) is 0 Å². The summed E-state index contributed by atoms with van der Waals surface area (Å²) in [5, 5.41) is 3.46. The Balaban J connectivity index is 2.06. The smallest absolute Gasteiger partial charge is 0.0951 e. The van der Waals surface area contributed by atoms with Gasteiger partial charge in [0.15, 0.2) is 0 Å². The third-order valence-corrected chi connectivity index (χ3v) is 3.50. The van der Waals surface area contributed by atoms with Crippen LogP contribution in [-0.2, 0) is 11.3 Å². The Morgan fingerprint density at radius 2 is 2.33 bits per heavy atom. The van der Waals surface area contributed by atoms with Crippen LogP contribution < -0.4 is 5.32 Å². The molecule has 1 atom stereocenters. The maximum absolute atomic E-state index is 5.78. The van der Waals surface area contributed by atoms with Crippen LogP contribution in [0.2, 0.25) is 0 Å². The molecule has 1 fully saturated rings. The lowest BCUT2D eigenvalue weighted by molar-refractivity contribution is -0.0694. The molecule has 1 unspecified atom stereocenters. The quantitative estimate of drug-likeness (QED) is 0.893. The molecule has 0 aliphatic carbocycles. The van der Waals surface area contributed by atoms with Gasteiger partial charge in [-0.2, -0.15) is 0 Å². The van der Waals surface area contributed by atoms with Crippen LogP contribution in [0.1, 0.15) is 52.3 Å². The molecule has 1 N–H and O–H groups in total. The molecule has 1 aliphatic rings. The van der Waals surface area contributed by atoms with Crippen LogP contribution in [0.5, 0.6) is 0 Å². The number of hydrogen-bond donors (Lipinski definition) is 1. The Hall–Kier alpha value is -0.870. The number of hydrogen-bond acceptors (Lipinski definition) is 3. The van der Waals surface area contributed by atoms with E-state index in [1.165, 1.54) is 5.69 Å². The van der Waals surface area contributed by atoms with Gasteiger partial charge in [-0.15, -0.1) is 0 Å².